The second kappa shape index (κ2) is 8.19. The second-order valence-electron chi connectivity index (χ2n) is 7.78. The molecule has 0 N–H and O–H groups in total. The van der Waals surface area contributed by atoms with Crippen LogP contribution in [0.15, 0.2) is 0 Å². The Morgan fingerprint density at radius 3 is 2.20 bits per heavy atom. The van der Waals surface area contributed by atoms with Gasteiger partial charge in [0.1, 0.15) is 0 Å². The van der Waals surface area contributed by atoms with Crippen LogP contribution in [0.1, 0.15) is 58.3 Å². The fraction of sp³-hybridized carbons (Fsp3) is 0.842. The lowest BCUT2D eigenvalue weighted by Gasteiger charge is -2.28. The van der Waals surface area contributed by atoms with E-state index in [4.69, 9.17) is 0 Å². The fourth-order valence-electron chi connectivity index (χ4n) is 4.53. The number of nitrogens with zero attached hydrogens (tertiary/aromatic N) is 3. The molecule has 1 atom stereocenters. The molecule has 25 heavy (non-hydrogen) atoms. The number of amides is 3. The van der Waals surface area contributed by atoms with Crippen LogP contribution < -0.4 is 0 Å². The van der Waals surface area contributed by atoms with Gasteiger partial charge >= 0.3 is 0 Å². The molecule has 0 radical (unpaired) electrons. The molecule has 6 nitrogen and oxygen atoms in total. The van der Waals surface area contributed by atoms with Crippen LogP contribution in [0.2, 0.25) is 0 Å². The fourth-order valence-corrected chi connectivity index (χ4v) is 4.53. The van der Waals surface area contributed by atoms with Gasteiger partial charge in [-0.15, -0.1) is 0 Å². The molecule has 140 valence electrons. The van der Waals surface area contributed by atoms with E-state index in [1.165, 1.54) is 25.7 Å². The van der Waals surface area contributed by atoms with E-state index in [0.717, 1.165) is 25.8 Å². The summed E-state index contributed by atoms with van der Waals surface area (Å²) in [5.74, 6) is 0.143. The SMILES string of the molecule is CC(=O)N1CCCN(C(=O)C2CC(=O)N(C3CCCCCC3)C2)CC1. The number of carbonyl (C=O) groups is 3. The normalized spacial score (nSPS) is 26.5. The lowest BCUT2D eigenvalue weighted by Crippen LogP contribution is -2.41. The number of rotatable bonds is 2. The van der Waals surface area contributed by atoms with E-state index >= 15 is 0 Å². The highest BCUT2D eigenvalue weighted by molar-refractivity contribution is 5.89. The molecule has 3 aliphatic rings. The van der Waals surface area contributed by atoms with Gasteiger partial charge in [-0.05, 0) is 19.3 Å². The van der Waals surface area contributed by atoms with Gasteiger partial charge in [-0.25, -0.2) is 0 Å². The van der Waals surface area contributed by atoms with E-state index in [2.05, 4.69) is 0 Å². The van der Waals surface area contributed by atoms with Crippen LogP contribution in [-0.4, -0.2) is 71.2 Å². The summed E-state index contributed by atoms with van der Waals surface area (Å²) in [5, 5.41) is 0. The van der Waals surface area contributed by atoms with Crippen LogP contribution in [0.3, 0.4) is 0 Å². The maximum Gasteiger partial charge on any atom is 0.228 e. The van der Waals surface area contributed by atoms with Crippen LogP contribution in [0.4, 0.5) is 0 Å². The molecule has 1 saturated carbocycles. The molecular formula is C19H31N3O3. The number of carbonyl (C=O) groups excluding carboxylic acids is 3. The average Bonchev–Trinajstić information content (AvgIpc) is 2.82. The Balaban J connectivity index is 1.57. The Morgan fingerprint density at radius 1 is 0.880 bits per heavy atom. The van der Waals surface area contributed by atoms with Gasteiger partial charge < -0.3 is 14.7 Å². The van der Waals surface area contributed by atoms with Crippen molar-refractivity contribution in [2.24, 2.45) is 5.92 Å². The van der Waals surface area contributed by atoms with Crippen LogP contribution >= 0.6 is 0 Å². The molecular weight excluding hydrogens is 318 g/mol. The summed E-state index contributed by atoms with van der Waals surface area (Å²) >= 11 is 0. The highest BCUT2D eigenvalue weighted by Crippen LogP contribution is 2.29. The minimum absolute atomic E-state index is 0.0740. The van der Waals surface area contributed by atoms with E-state index in [-0.39, 0.29) is 23.6 Å². The highest BCUT2D eigenvalue weighted by Gasteiger charge is 2.39. The van der Waals surface area contributed by atoms with Gasteiger partial charge in [0.05, 0.1) is 5.92 Å². The Kier molecular flexibility index (Phi) is 5.97. The van der Waals surface area contributed by atoms with Crippen molar-refractivity contribution in [1.29, 1.82) is 0 Å². The van der Waals surface area contributed by atoms with Crippen molar-refractivity contribution in [3.63, 3.8) is 0 Å². The lowest BCUT2D eigenvalue weighted by molar-refractivity contribution is -0.136. The summed E-state index contributed by atoms with van der Waals surface area (Å²) < 4.78 is 0. The zero-order valence-electron chi connectivity index (χ0n) is 15.4. The molecule has 0 bridgehead atoms. The van der Waals surface area contributed by atoms with Gasteiger partial charge in [0.25, 0.3) is 0 Å². The van der Waals surface area contributed by atoms with Crippen molar-refractivity contribution in [2.45, 2.75) is 64.3 Å². The predicted octanol–water partition coefficient (Wildman–Crippen LogP) is 1.64. The topological polar surface area (TPSA) is 60.9 Å². The summed E-state index contributed by atoms with van der Waals surface area (Å²) in [4.78, 5) is 42.6. The van der Waals surface area contributed by atoms with E-state index in [0.29, 0.717) is 38.6 Å². The molecule has 3 amide bonds. The molecule has 0 aromatic rings. The molecule has 0 spiro atoms. The van der Waals surface area contributed by atoms with E-state index in [9.17, 15) is 14.4 Å². The third-order valence-corrected chi connectivity index (χ3v) is 6.03. The molecule has 1 unspecified atom stereocenters. The number of hydrogen-bond acceptors (Lipinski definition) is 3. The maximum atomic E-state index is 12.9. The van der Waals surface area contributed by atoms with Gasteiger partial charge in [-0.3, -0.25) is 14.4 Å². The molecule has 2 aliphatic heterocycles. The average molecular weight is 349 g/mol. The third-order valence-electron chi connectivity index (χ3n) is 6.03. The van der Waals surface area contributed by atoms with Crippen LogP contribution in [-0.2, 0) is 14.4 Å². The lowest BCUT2D eigenvalue weighted by atomic mass is 10.1. The first kappa shape index (κ1) is 18.2. The molecule has 0 aromatic heterocycles. The van der Waals surface area contributed by atoms with Crippen LogP contribution in [0, 0.1) is 5.92 Å². The Labute approximate surface area is 150 Å². The zero-order valence-corrected chi connectivity index (χ0v) is 15.4. The molecule has 2 saturated heterocycles. The van der Waals surface area contributed by atoms with E-state index in [1.54, 1.807) is 6.92 Å². The van der Waals surface area contributed by atoms with Gasteiger partial charge in [0.15, 0.2) is 0 Å². The number of likely N-dealkylation sites (tertiary alicyclic amines) is 1. The summed E-state index contributed by atoms with van der Waals surface area (Å²) in [6, 6.07) is 0.338. The Hall–Kier alpha value is -1.59. The first-order chi connectivity index (χ1) is 12.1. The largest absolute Gasteiger partial charge is 0.341 e. The minimum atomic E-state index is -0.195. The van der Waals surface area contributed by atoms with Gasteiger partial charge in [-0.1, -0.05) is 25.7 Å². The van der Waals surface area contributed by atoms with Gasteiger partial charge in [0, 0.05) is 52.1 Å². The molecule has 3 rings (SSSR count). The highest BCUT2D eigenvalue weighted by atomic mass is 16.2. The van der Waals surface area contributed by atoms with Crippen molar-refractivity contribution in [2.75, 3.05) is 32.7 Å². The van der Waals surface area contributed by atoms with Crippen molar-refractivity contribution in [3.05, 3.63) is 0 Å². The molecule has 0 aromatic carbocycles. The Bertz CT molecular complexity index is 514. The quantitative estimate of drug-likeness (QED) is 0.712. The second-order valence-corrected chi connectivity index (χ2v) is 7.78. The standard InChI is InChI=1S/C19H31N3O3/c1-15(23)20-9-6-10-21(12-11-20)19(25)16-13-18(24)22(14-16)17-7-4-2-3-5-8-17/h16-17H,2-14H2,1H3. The molecule has 3 fully saturated rings. The smallest absolute Gasteiger partial charge is 0.228 e. The predicted molar refractivity (Wildman–Crippen MR) is 94.8 cm³/mol. The molecule has 2 heterocycles. The monoisotopic (exact) mass is 349 g/mol. The minimum Gasteiger partial charge on any atom is -0.341 e. The molecule has 6 heteroatoms. The number of hydrogen-bond donors (Lipinski definition) is 0. The Morgan fingerprint density at radius 2 is 1.52 bits per heavy atom. The summed E-state index contributed by atoms with van der Waals surface area (Å²) in [6.45, 7) is 4.78. The third kappa shape index (κ3) is 4.33. The summed E-state index contributed by atoms with van der Waals surface area (Å²) in [5.41, 5.74) is 0. The van der Waals surface area contributed by atoms with Crippen LogP contribution in [0.5, 0.6) is 0 Å². The summed E-state index contributed by atoms with van der Waals surface area (Å²) in [7, 11) is 0. The maximum absolute atomic E-state index is 12.9. The van der Waals surface area contributed by atoms with Crippen molar-refractivity contribution >= 4 is 17.7 Å². The van der Waals surface area contributed by atoms with E-state index in [1.807, 2.05) is 14.7 Å². The van der Waals surface area contributed by atoms with E-state index < -0.39 is 0 Å². The zero-order chi connectivity index (χ0) is 17.8. The first-order valence-corrected chi connectivity index (χ1v) is 9.90. The van der Waals surface area contributed by atoms with Gasteiger partial charge in [-0.2, -0.15) is 0 Å². The van der Waals surface area contributed by atoms with Crippen LogP contribution in [0.25, 0.3) is 0 Å². The first-order valence-electron chi connectivity index (χ1n) is 9.90. The van der Waals surface area contributed by atoms with Crippen molar-refractivity contribution in [1.82, 2.24) is 14.7 Å². The van der Waals surface area contributed by atoms with Crippen molar-refractivity contribution in [3.8, 4) is 0 Å². The van der Waals surface area contributed by atoms with Crippen molar-refractivity contribution < 1.29 is 14.4 Å². The summed E-state index contributed by atoms with van der Waals surface area (Å²) in [6.07, 6.45) is 8.28. The van der Waals surface area contributed by atoms with Gasteiger partial charge in [0.2, 0.25) is 17.7 Å². The molecule has 1 aliphatic carbocycles.